The Morgan fingerprint density at radius 2 is 1.90 bits per heavy atom. The summed E-state index contributed by atoms with van der Waals surface area (Å²) in [4.78, 5) is 12.1. The molecular weight excluding hydrogens is 244 g/mol. The molecule has 1 heteroatoms. The summed E-state index contributed by atoms with van der Waals surface area (Å²) in [5.41, 5.74) is 3.55. The van der Waals surface area contributed by atoms with E-state index in [1.807, 2.05) is 31.2 Å². The minimum atomic E-state index is 0.228. The molecule has 0 radical (unpaired) electrons. The zero-order chi connectivity index (χ0) is 15.0. The van der Waals surface area contributed by atoms with Crippen molar-refractivity contribution in [2.75, 3.05) is 0 Å². The second-order valence-corrected chi connectivity index (χ2v) is 5.99. The molecule has 1 nitrogen and oxygen atoms in total. The van der Waals surface area contributed by atoms with Crippen LogP contribution in [0.15, 0.2) is 54.1 Å². The summed E-state index contributed by atoms with van der Waals surface area (Å²) in [6.45, 7) is 10.3. The molecule has 0 aliphatic heterocycles. The van der Waals surface area contributed by atoms with Gasteiger partial charge >= 0.3 is 0 Å². The first kappa shape index (κ1) is 16.4. The van der Waals surface area contributed by atoms with Crippen molar-refractivity contribution in [1.82, 2.24) is 0 Å². The average Bonchev–Trinajstić information content (AvgIpc) is 2.36. The highest BCUT2D eigenvalue weighted by molar-refractivity contribution is 5.90. The van der Waals surface area contributed by atoms with Crippen molar-refractivity contribution in [1.29, 1.82) is 0 Å². The Hall–Kier alpha value is -1.63. The highest BCUT2D eigenvalue weighted by Gasteiger charge is 2.06. The second kappa shape index (κ2) is 8.52. The van der Waals surface area contributed by atoms with Gasteiger partial charge in [-0.2, -0.15) is 0 Å². The highest BCUT2D eigenvalue weighted by Crippen LogP contribution is 2.18. The number of hydrogen-bond donors (Lipinski definition) is 0. The lowest BCUT2D eigenvalue weighted by molar-refractivity contribution is -0.114. The third-order valence-corrected chi connectivity index (χ3v) is 3.07. The largest absolute Gasteiger partial charge is 0.295 e. The van der Waals surface area contributed by atoms with Crippen LogP contribution in [-0.2, 0) is 11.2 Å². The van der Waals surface area contributed by atoms with Gasteiger partial charge in [0.1, 0.15) is 0 Å². The van der Waals surface area contributed by atoms with Gasteiger partial charge in [0.15, 0.2) is 5.78 Å². The molecule has 0 aliphatic carbocycles. The van der Waals surface area contributed by atoms with Crippen molar-refractivity contribution in [2.45, 2.75) is 46.5 Å². The van der Waals surface area contributed by atoms with Gasteiger partial charge in [-0.05, 0) is 43.7 Å². The summed E-state index contributed by atoms with van der Waals surface area (Å²) in [7, 11) is 0. The molecular formula is C19H26O. The molecule has 0 N–H and O–H groups in total. The molecule has 1 aromatic rings. The quantitative estimate of drug-likeness (QED) is 0.473. The van der Waals surface area contributed by atoms with Crippen molar-refractivity contribution in [3.63, 3.8) is 0 Å². The van der Waals surface area contributed by atoms with Crippen LogP contribution >= 0.6 is 0 Å². The van der Waals surface area contributed by atoms with Gasteiger partial charge in [-0.3, -0.25) is 4.79 Å². The molecule has 0 fully saturated rings. The number of aryl methyl sites for hydroxylation is 1. The van der Waals surface area contributed by atoms with Crippen molar-refractivity contribution in [3.05, 3.63) is 59.7 Å². The van der Waals surface area contributed by atoms with Crippen molar-refractivity contribution in [2.24, 2.45) is 5.92 Å². The van der Waals surface area contributed by atoms with Crippen LogP contribution in [-0.4, -0.2) is 5.78 Å². The van der Waals surface area contributed by atoms with Gasteiger partial charge in [-0.1, -0.05) is 61.9 Å². The van der Waals surface area contributed by atoms with Crippen LogP contribution in [0.25, 0.3) is 0 Å². The third-order valence-electron chi connectivity index (χ3n) is 3.07. The lowest BCUT2D eigenvalue weighted by atomic mass is 9.95. The normalized spacial score (nSPS) is 11.7. The smallest absolute Gasteiger partial charge is 0.155 e. The monoisotopic (exact) mass is 270 g/mol. The van der Waals surface area contributed by atoms with E-state index in [0.29, 0.717) is 12.3 Å². The molecule has 0 heterocycles. The number of benzene rings is 1. The van der Waals surface area contributed by atoms with Gasteiger partial charge in [0.2, 0.25) is 0 Å². The Kier molecular flexibility index (Phi) is 7.00. The van der Waals surface area contributed by atoms with Crippen LogP contribution in [0.3, 0.4) is 0 Å². The molecule has 0 aliphatic rings. The third kappa shape index (κ3) is 7.08. The Labute approximate surface area is 123 Å². The molecule has 0 aromatic heterocycles. The zero-order valence-electron chi connectivity index (χ0n) is 13.0. The number of hydrogen-bond acceptors (Lipinski definition) is 1. The molecule has 20 heavy (non-hydrogen) atoms. The summed E-state index contributed by atoms with van der Waals surface area (Å²) >= 11 is 0. The summed E-state index contributed by atoms with van der Waals surface area (Å²) in [5.74, 6) is 0.799. The SMILES string of the molecule is C=C(C)C/C(=C\C(=O)CCc1ccccc1)CC(C)C. The van der Waals surface area contributed by atoms with Gasteiger partial charge in [0.25, 0.3) is 0 Å². The fraction of sp³-hybridized carbons (Fsp3) is 0.421. The molecule has 0 atom stereocenters. The second-order valence-electron chi connectivity index (χ2n) is 5.99. The molecule has 0 spiro atoms. The van der Waals surface area contributed by atoms with Crippen LogP contribution in [0.5, 0.6) is 0 Å². The Morgan fingerprint density at radius 1 is 1.25 bits per heavy atom. The van der Waals surface area contributed by atoms with Gasteiger partial charge in [0, 0.05) is 6.42 Å². The first-order valence-corrected chi connectivity index (χ1v) is 7.38. The molecule has 0 unspecified atom stereocenters. The van der Waals surface area contributed by atoms with E-state index in [4.69, 9.17) is 0 Å². The summed E-state index contributed by atoms with van der Waals surface area (Å²) in [6.07, 6.45) is 5.07. The summed E-state index contributed by atoms with van der Waals surface area (Å²) in [5, 5.41) is 0. The van der Waals surface area contributed by atoms with Gasteiger partial charge in [0.05, 0.1) is 0 Å². The molecule has 108 valence electrons. The molecule has 0 saturated heterocycles. The molecule has 0 saturated carbocycles. The number of allylic oxidation sites excluding steroid dienone is 3. The lowest BCUT2D eigenvalue weighted by Crippen LogP contribution is -2.01. The maximum atomic E-state index is 12.1. The summed E-state index contributed by atoms with van der Waals surface area (Å²) < 4.78 is 0. The van der Waals surface area contributed by atoms with Crippen molar-refractivity contribution in [3.8, 4) is 0 Å². The van der Waals surface area contributed by atoms with E-state index < -0.39 is 0 Å². The molecule has 0 bridgehead atoms. The number of rotatable bonds is 8. The fourth-order valence-corrected chi connectivity index (χ4v) is 2.31. The first-order valence-electron chi connectivity index (χ1n) is 7.38. The minimum Gasteiger partial charge on any atom is -0.295 e. The van der Waals surface area contributed by atoms with E-state index in [1.165, 1.54) is 11.1 Å². The van der Waals surface area contributed by atoms with Crippen LogP contribution < -0.4 is 0 Å². The highest BCUT2D eigenvalue weighted by atomic mass is 16.1. The minimum absolute atomic E-state index is 0.228. The number of ketones is 1. The van der Waals surface area contributed by atoms with Crippen LogP contribution in [0.4, 0.5) is 0 Å². The number of carbonyl (C=O) groups is 1. The fourth-order valence-electron chi connectivity index (χ4n) is 2.31. The van der Waals surface area contributed by atoms with Crippen molar-refractivity contribution >= 4 is 5.78 Å². The number of carbonyl (C=O) groups excluding carboxylic acids is 1. The van der Waals surface area contributed by atoms with Crippen LogP contribution in [0.1, 0.15) is 45.6 Å². The van der Waals surface area contributed by atoms with E-state index in [-0.39, 0.29) is 5.78 Å². The van der Waals surface area contributed by atoms with E-state index in [0.717, 1.165) is 24.8 Å². The molecule has 1 rings (SSSR count). The Morgan fingerprint density at radius 3 is 2.45 bits per heavy atom. The maximum Gasteiger partial charge on any atom is 0.155 e. The van der Waals surface area contributed by atoms with Gasteiger partial charge in [-0.25, -0.2) is 0 Å². The average molecular weight is 270 g/mol. The van der Waals surface area contributed by atoms with E-state index in [9.17, 15) is 4.79 Å². The Balaban J connectivity index is 2.58. The predicted octanol–water partition coefficient (Wildman–Crippen LogP) is 5.13. The first-order chi connectivity index (χ1) is 9.47. The maximum absolute atomic E-state index is 12.1. The topological polar surface area (TPSA) is 17.1 Å². The predicted molar refractivity (Wildman–Crippen MR) is 86.7 cm³/mol. The lowest BCUT2D eigenvalue weighted by Gasteiger charge is -2.10. The van der Waals surface area contributed by atoms with Crippen molar-refractivity contribution < 1.29 is 4.79 Å². The van der Waals surface area contributed by atoms with E-state index in [2.05, 4.69) is 32.6 Å². The van der Waals surface area contributed by atoms with Gasteiger partial charge < -0.3 is 0 Å². The molecule has 1 aromatic carbocycles. The Bertz CT molecular complexity index is 466. The zero-order valence-corrected chi connectivity index (χ0v) is 13.0. The molecule has 0 amide bonds. The van der Waals surface area contributed by atoms with Gasteiger partial charge in [-0.15, -0.1) is 0 Å². The summed E-state index contributed by atoms with van der Waals surface area (Å²) in [6, 6.07) is 10.2. The van der Waals surface area contributed by atoms with Crippen LogP contribution in [0, 0.1) is 5.92 Å². The van der Waals surface area contributed by atoms with E-state index >= 15 is 0 Å². The van der Waals surface area contributed by atoms with Crippen LogP contribution in [0.2, 0.25) is 0 Å². The standard InChI is InChI=1S/C19H26O/c1-15(2)12-18(13-16(3)4)14-19(20)11-10-17-8-6-5-7-9-17/h5-9,14,16H,1,10-13H2,2-4H3/b18-14+. The van der Waals surface area contributed by atoms with E-state index in [1.54, 1.807) is 0 Å².